The number of rotatable bonds is 6. The molecule has 0 aromatic rings. The fourth-order valence-electron chi connectivity index (χ4n) is 2.15. The standard InChI is InChI=1S/C8H14N6O4S/c1-17-5(3-11-13-9)8-7(12-14-10)6(18-2)4-19(8,15)16/h5-8H,3-4H2,1-2H3/t5-,6+,7-,8-/m0/s1. The SMILES string of the molecule is CO[C@@H](CN=[N+]=[N-])[C@H]1[C@@H](N=[N+]=[N-])[C@H](OC)CS1(=O)=O. The van der Waals surface area contributed by atoms with Crippen LogP contribution in [0, 0.1) is 0 Å². The minimum atomic E-state index is -3.56. The number of nitrogens with zero attached hydrogens (tertiary/aromatic N) is 6. The molecule has 0 saturated carbocycles. The van der Waals surface area contributed by atoms with Crippen molar-refractivity contribution < 1.29 is 17.9 Å². The van der Waals surface area contributed by atoms with E-state index in [1.165, 1.54) is 14.2 Å². The zero-order chi connectivity index (χ0) is 14.5. The number of azide groups is 2. The lowest BCUT2D eigenvalue weighted by atomic mass is 10.1. The van der Waals surface area contributed by atoms with Crippen LogP contribution < -0.4 is 0 Å². The first-order valence-corrected chi connectivity index (χ1v) is 7.05. The molecule has 0 unspecified atom stereocenters. The summed E-state index contributed by atoms with van der Waals surface area (Å²) in [6.45, 7) is -0.162. The third-order valence-electron chi connectivity index (χ3n) is 3.01. The largest absolute Gasteiger partial charge is 0.380 e. The highest BCUT2D eigenvalue weighted by atomic mass is 32.2. The van der Waals surface area contributed by atoms with Gasteiger partial charge in [0.25, 0.3) is 0 Å². The maximum absolute atomic E-state index is 12.1. The van der Waals surface area contributed by atoms with Crippen molar-refractivity contribution in [3.05, 3.63) is 20.9 Å². The van der Waals surface area contributed by atoms with E-state index in [-0.39, 0.29) is 12.3 Å². The molecule has 19 heavy (non-hydrogen) atoms. The first-order chi connectivity index (χ1) is 9.01. The zero-order valence-corrected chi connectivity index (χ0v) is 11.3. The number of methoxy groups -OCH3 is 2. The van der Waals surface area contributed by atoms with Gasteiger partial charge in [-0.05, 0) is 11.1 Å². The van der Waals surface area contributed by atoms with Crippen LogP contribution in [0.15, 0.2) is 10.2 Å². The number of hydrogen-bond acceptors (Lipinski definition) is 6. The van der Waals surface area contributed by atoms with Crippen molar-refractivity contribution in [2.75, 3.05) is 26.5 Å². The molecule has 1 rings (SSSR count). The Balaban J connectivity index is 3.16. The van der Waals surface area contributed by atoms with Gasteiger partial charge in [-0.15, -0.1) is 0 Å². The van der Waals surface area contributed by atoms with Crippen molar-refractivity contribution in [2.24, 2.45) is 10.2 Å². The Morgan fingerprint density at radius 2 is 2.05 bits per heavy atom. The van der Waals surface area contributed by atoms with Crippen molar-refractivity contribution in [3.8, 4) is 0 Å². The predicted molar refractivity (Wildman–Crippen MR) is 66.1 cm³/mol. The third kappa shape index (κ3) is 3.28. The van der Waals surface area contributed by atoms with Gasteiger partial charge in [-0.2, -0.15) is 0 Å². The van der Waals surface area contributed by atoms with Crippen LogP contribution >= 0.6 is 0 Å². The molecule has 0 aromatic carbocycles. The summed E-state index contributed by atoms with van der Waals surface area (Å²) in [5.74, 6) is -0.256. The van der Waals surface area contributed by atoms with Gasteiger partial charge in [-0.25, -0.2) is 8.42 Å². The molecule has 0 aliphatic carbocycles. The lowest BCUT2D eigenvalue weighted by Gasteiger charge is -2.24. The zero-order valence-electron chi connectivity index (χ0n) is 10.4. The summed E-state index contributed by atoms with van der Waals surface area (Å²) in [6, 6.07) is -0.904. The molecule has 0 amide bonds. The van der Waals surface area contributed by atoms with E-state index in [4.69, 9.17) is 20.5 Å². The van der Waals surface area contributed by atoms with Gasteiger partial charge in [-0.1, -0.05) is 10.2 Å². The molecule has 0 N–H and O–H groups in total. The van der Waals surface area contributed by atoms with E-state index in [9.17, 15) is 8.42 Å². The van der Waals surface area contributed by atoms with Crippen molar-refractivity contribution >= 4 is 9.84 Å². The van der Waals surface area contributed by atoms with Crippen molar-refractivity contribution in [1.29, 1.82) is 0 Å². The molecular formula is C8H14N6O4S. The molecule has 0 radical (unpaired) electrons. The molecule has 1 saturated heterocycles. The Morgan fingerprint density at radius 3 is 2.53 bits per heavy atom. The number of sulfone groups is 1. The van der Waals surface area contributed by atoms with Gasteiger partial charge in [0.05, 0.1) is 35.8 Å². The van der Waals surface area contributed by atoms with Gasteiger partial charge in [0.1, 0.15) is 0 Å². The molecule has 1 aliphatic heterocycles. The third-order valence-corrected chi connectivity index (χ3v) is 5.22. The average molecular weight is 290 g/mol. The fraction of sp³-hybridized carbons (Fsp3) is 1.00. The molecule has 1 heterocycles. The molecule has 0 spiro atoms. The van der Waals surface area contributed by atoms with E-state index in [0.717, 1.165) is 0 Å². The Labute approximate surface area is 109 Å². The van der Waals surface area contributed by atoms with E-state index in [1.54, 1.807) is 0 Å². The highest BCUT2D eigenvalue weighted by Gasteiger charge is 2.51. The summed E-state index contributed by atoms with van der Waals surface area (Å²) in [7, 11) is -0.909. The van der Waals surface area contributed by atoms with E-state index in [2.05, 4.69) is 20.1 Å². The Bertz CT molecular complexity index is 509. The number of ether oxygens (including phenoxy) is 2. The second-order valence-electron chi connectivity index (χ2n) is 3.95. The summed E-state index contributed by atoms with van der Waals surface area (Å²) >= 11 is 0. The maximum atomic E-state index is 12.1. The van der Waals surface area contributed by atoms with Crippen LogP contribution in [-0.2, 0) is 19.3 Å². The molecular weight excluding hydrogens is 276 g/mol. The minimum absolute atomic E-state index is 0.162. The molecule has 4 atom stereocenters. The molecule has 1 fully saturated rings. The van der Waals surface area contributed by atoms with Crippen LogP contribution in [0.25, 0.3) is 20.9 Å². The normalized spacial score (nSPS) is 30.1. The quantitative estimate of drug-likeness (QED) is 0.403. The lowest BCUT2D eigenvalue weighted by molar-refractivity contribution is 0.0664. The van der Waals surface area contributed by atoms with Gasteiger partial charge in [0.2, 0.25) is 0 Å². The maximum Gasteiger partial charge on any atom is 0.158 e. The van der Waals surface area contributed by atoms with Crippen LogP contribution in [0.2, 0.25) is 0 Å². The average Bonchev–Trinajstić information content (AvgIpc) is 2.63. The van der Waals surface area contributed by atoms with E-state index in [1.807, 2.05) is 0 Å². The van der Waals surface area contributed by atoms with Crippen LogP contribution in [-0.4, -0.2) is 58.4 Å². The van der Waals surface area contributed by atoms with E-state index < -0.39 is 33.3 Å². The summed E-state index contributed by atoms with van der Waals surface area (Å²) in [4.78, 5) is 5.22. The summed E-state index contributed by atoms with van der Waals surface area (Å²) in [6.07, 6.45) is -1.61. The lowest BCUT2D eigenvalue weighted by Crippen LogP contribution is -2.42. The highest BCUT2D eigenvalue weighted by Crippen LogP contribution is 2.30. The fourth-order valence-corrected chi connectivity index (χ4v) is 4.48. The first kappa shape index (κ1) is 15.5. The summed E-state index contributed by atoms with van der Waals surface area (Å²) < 4.78 is 34.3. The number of hydrogen-bond donors (Lipinski definition) is 0. The second kappa shape index (κ2) is 6.60. The first-order valence-electron chi connectivity index (χ1n) is 5.34. The van der Waals surface area contributed by atoms with Gasteiger partial charge >= 0.3 is 0 Å². The minimum Gasteiger partial charge on any atom is -0.380 e. The van der Waals surface area contributed by atoms with Gasteiger partial charge < -0.3 is 9.47 Å². The molecule has 1 aliphatic rings. The van der Waals surface area contributed by atoms with Crippen LogP contribution in [0.3, 0.4) is 0 Å². The van der Waals surface area contributed by atoms with Gasteiger partial charge in [0, 0.05) is 24.0 Å². The van der Waals surface area contributed by atoms with Gasteiger partial charge in [0.15, 0.2) is 9.84 Å². The van der Waals surface area contributed by atoms with Crippen molar-refractivity contribution in [3.63, 3.8) is 0 Å². The summed E-state index contributed by atoms with van der Waals surface area (Å²) in [5, 5.41) is 5.73. The second-order valence-corrected chi connectivity index (χ2v) is 6.15. The van der Waals surface area contributed by atoms with E-state index in [0.29, 0.717) is 0 Å². The Morgan fingerprint density at radius 1 is 1.37 bits per heavy atom. The molecule has 0 bridgehead atoms. The van der Waals surface area contributed by atoms with Crippen molar-refractivity contribution in [2.45, 2.75) is 23.5 Å². The predicted octanol–water partition coefficient (Wildman–Crippen LogP) is 0.803. The molecule has 106 valence electrons. The molecule has 10 nitrogen and oxygen atoms in total. The smallest absolute Gasteiger partial charge is 0.158 e. The topological polar surface area (TPSA) is 150 Å². The van der Waals surface area contributed by atoms with Crippen LogP contribution in [0.4, 0.5) is 0 Å². The highest BCUT2D eigenvalue weighted by molar-refractivity contribution is 7.92. The van der Waals surface area contributed by atoms with Crippen LogP contribution in [0.5, 0.6) is 0 Å². The summed E-state index contributed by atoms with van der Waals surface area (Å²) in [5.41, 5.74) is 16.8. The molecule has 0 aromatic heterocycles. The monoisotopic (exact) mass is 290 g/mol. The Hall–Kier alpha value is -1.51. The van der Waals surface area contributed by atoms with Gasteiger partial charge in [-0.3, -0.25) is 0 Å². The van der Waals surface area contributed by atoms with Crippen molar-refractivity contribution in [1.82, 2.24) is 0 Å². The molecule has 11 heteroatoms. The van der Waals surface area contributed by atoms with E-state index >= 15 is 0 Å². The Kier molecular flexibility index (Phi) is 5.40. The van der Waals surface area contributed by atoms with Crippen LogP contribution in [0.1, 0.15) is 0 Å².